The fourth-order valence-electron chi connectivity index (χ4n) is 17.5. The first-order valence-corrected chi connectivity index (χ1v) is 45.1. The van der Waals surface area contributed by atoms with Crippen molar-refractivity contribution >= 4 is 50.2 Å². The van der Waals surface area contributed by atoms with Crippen LogP contribution in [0.15, 0.2) is 310 Å². The molecule has 1 unspecified atom stereocenters. The molecule has 656 valence electrons. The van der Waals surface area contributed by atoms with Crippen LogP contribution in [0.25, 0.3) is 43.6 Å². The molecule has 2 aliphatic rings. The Labute approximate surface area is 754 Å². The van der Waals surface area contributed by atoms with E-state index in [9.17, 15) is 14.4 Å². The van der Waals surface area contributed by atoms with Crippen LogP contribution in [-0.2, 0) is 91.8 Å². The molecule has 2 fully saturated rings. The van der Waals surface area contributed by atoms with Crippen molar-refractivity contribution in [2.75, 3.05) is 33.9 Å². The first-order chi connectivity index (χ1) is 63.2. The minimum absolute atomic E-state index is 0.00761. The molecule has 0 radical (unpaired) electrons. The summed E-state index contributed by atoms with van der Waals surface area (Å²) >= 11 is 0. The van der Waals surface area contributed by atoms with E-state index in [1.165, 1.54) is 44.2 Å². The number of para-hydroxylation sites is 1. The van der Waals surface area contributed by atoms with Crippen LogP contribution in [0.3, 0.4) is 0 Å². The molecule has 3 amide bonds. The van der Waals surface area contributed by atoms with Crippen LogP contribution in [-0.4, -0.2) is 112 Å². The molecule has 4 aromatic heterocycles. The largest absolute Gasteiger partial charge is 0.497 e. The van der Waals surface area contributed by atoms with Crippen molar-refractivity contribution in [3.8, 4) is 22.6 Å². The fourth-order valence-corrected chi connectivity index (χ4v) is 17.5. The van der Waals surface area contributed by atoms with Gasteiger partial charge in [0, 0.05) is 61.5 Å². The molecule has 2 aliphatic heterocycles. The van der Waals surface area contributed by atoms with E-state index in [0.717, 1.165) is 168 Å². The molecule has 4 atom stereocenters. The van der Waals surface area contributed by atoms with Crippen molar-refractivity contribution in [1.29, 1.82) is 0 Å². The smallest absolute Gasteiger partial charge is 0.240 e. The summed E-state index contributed by atoms with van der Waals surface area (Å²) in [7, 11) is 3.34. The number of aromatic amines is 1. The molecule has 0 aliphatic carbocycles. The second-order valence-corrected chi connectivity index (χ2v) is 34.2. The van der Waals surface area contributed by atoms with Gasteiger partial charge in [0.1, 0.15) is 29.0 Å². The first kappa shape index (κ1) is 88.4. The number of fused-ring (bicyclic) bond motifs is 3. The molecule has 16 aromatic rings. The summed E-state index contributed by atoms with van der Waals surface area (Å²) in [6.45, 7) is 7.80. The zero-order valence-corrected chi connectivity index (χ0v) is 73.9. The van der Waals surface area contributed by atoms with Gasteiger partial charge in [0.05, 0.1) is 63.6 Å². The lowest BCUT2D eigenvalue weighted by atomic mass is 9.95. The lowest BCUT2D eigenvalue weighted by Gasteiger charge is -2.26. The number of carbonyl (C=O) groups excluding carboxylic acids is 3. The van der Waals surface area contributed by atoms with Gasteiger partial charge in [-0.2, -0.15) is 0 Å². The summed E-state index contributed by atoms with van der Waals surface area (Å²) in [5, 5.41) is 51.0. The Morgan fingerprint density at radius 1 is 0.395 bits per heavy atom. The maximum absolute atomic E-state index is 13.7. The van der Waals surface area contributed by atoms with Gasteiger partial charge in [-0.15, -0.1) is 30.6 Å². The van der Waals surface area contributed by atoms with Gasteiger partial charge in [-0.25, -0.2) is 0 Å². The molecule has 6 heterocycles. The van der Waals surface area contributed by atoms with Gasteiger partial charge < -0.3 is 60.5 Å². The van der Waals surface area contributed by atoms with Gasteiger partial charge in [-0.3, -0.25) is 14.4 Å². The first-order valence-electron chi connectivity index (χ1n) is 45.1. The lowest BCUT2D eigenvalue weighted by Crippen LogP contribution is -2.50. The van der Waals surface area contributed by atoms with Crippen LogP contribution in [0.4, 0.5) is 0 Å². The van der Waals surface area contributed by atoms with Gasteiger partial charge in [0.2, 0.25) is 17.7 Å². The molecule has 21 nitrogen and oxygen atoms in total. The minimum Gasteiger partial charge on any atom is -0.497 e. The number of methoxy groups -OCH3 is 2. The number of aryl methyl sites for hydroxylation is 6. The third-order valence-electron chi connectivity index (χ3n) is 24.7. The summed E-state index contributed by atoms with van der Waals surface area (Å²) in [6, 6.07) is 103. The number of amides is 3. The van der Waals surface area contributed by atoms with Crippen molar-refractivity contribution in [3.63, 3.8) is 0 Å². The fraction of sp³-hybridized carbons (Fsp3) is 0.269. The summed E-state index contributed by atoms with van der Waals surface area (Å²) in [5.41, 5.74) is 19.2. The van der Waals surface area contributed by atoms with Gasteiger partial charge >= 0.3 is 0 Å². The number of ether oxygens (including phenoxy) is 2. The number of piperidine rings is 1. The highest BCUT2D eigenvalue weighted by atomic mass is 16.5. The summed E-state index contributed by atoms with van der Waals surface area (Å²) in [5.74, 6) is 6.44. The van der Waals surface area contributed by atoms with Crippen molar-refractivity contribution in [3.05, 3.63) is 395 Å². The SMILES string of the molecule is COc1ccc(Cn2c(CCc3ccccc3)nnc2[C@@H](Cc2cccc3ccccc23)NC(=O)C(C)(C)N)cc1.COc1ccc(Cn2c(CCc3ccccc3)nnc2[C@@H](Cc2cccc3ccccc23)NC(=O)C2CCNCC2)cc1.O=C(N[C@H](Cc1c[nH]c2ccccc12)c1nnc(CCc2ccccc2)n1Cc1ccc(-c2ccccc2)cc1)C1CCCN1. The molecule has 8 N–H and O–H groups in total. The Bertz CT molecular complexity index is 6310. The van der Waals surface area contributed by atoms with Gasteiger partial charge in [-0.1, -0.05) is 273 Å². The summed E-state index contributed by atoms with van der Waals surface area (Å²) < 4.78 is 17.3. The van der Waals surface area contributed by atoms with Crippen LogP contribution >= 0.6 is 0 Å². The van der Waals surface area contributed by atoms with Gasteiger partial charge in [-0.05, 0) is 192 Å². The third kappa shape index (κ3) is 23.1. The second-order valence-electron chi connectivity index (χ2n) is 34.2. The third-order valence-corrected chi connectivity index (χ3v) is 24.7. The highest BCUT2D eigenvalue weighted by Crippen LogP contribution is 2.33. The van der Waals surface area contributed by atoms with Crippen molar-refractivity contribution in [2.24, 2.45) is 11.7 Å². The Morgan fingerprint density at radius 2 is 0.783 bits per heavy atom. The molecular formula is C108H114N16O5. The average molecular weight is 1720 g/mol. The maximum atomic E-state index is 13.7. The Hall–Kier alpha value is -14.0. The molecule has 0 spiro atoms. The Balaban J connectivity index is 0.000000142. The van der Waals surface area contributed by atoms with E-state index in [4.69, 9.17) is 40.7 Å². The predicted octanol–water partition coefficient (Wildman–Crippen LogP) is 17.5. The van der Waals surface area contributed by atoms with Crippen LogP contribution in [0, 0.1) is 5.92 Å². The molecule has 18 rings (SSSR count). The number of rotatable bonds is 33. The summed E-state index contributed by atoms with van der Waals surface area (Å²) in [6.07, 6.45) is 12.1. The number of nitrogens with one attached hydrogen (secondary N) is 6. The van der Waals surface area contributed by atoms with Crippen LogP contribution in [0.5, 0.6) is 11.5 Å². The van der Waals surface area contributed by atoms with Crippen molar-refractivity contribution in [1.82, 2.24) is 75.9 Å². The van der Waals surface area contributed by atoms with E-state index in [-0.39, 0.29) is 41.8 Å². The van der Waals surface area contributed by atoms with Crippen molar-refractivity contribution in [2.45, 2.75) is 147 Å². The van der Waals surface area contributed by atoms with Crippen LogP contribution in [0.2, 0.25) is 0 Å². The number of nitrogens with zero attached hydrogens (tertiary/aromatic N) is 9. The molecular weight excluding hydrogens is 1600 g/mol. The van der Waals surface area contributed by atoms with E-state index in [1.807, 2.05) is 91.0 Å². The topological polar surface area (TPSA) is 264 Å². The molecule has 21 heteroatoms. The number of aromatic nitrogens is 10. The van der Waals surface area contributed by atoms with Gasteiger partial charge in [0.25, 0.3) is 0 Å². The minimum atomic E-state index is -1.05. The number of benzene rings is 12. The molecule has 12 aromatic carbocycles. The predicted molar refractivity (Wildman–Crippen MR) is 512 cm³/mol. The van der Waals surface area contributed by atoms with E-state index < -0.39 is 11.6 Å². The average Bonchev–Trinajstić information content (AvgIpc) is 1.72. The highest BCUT2D eigenvalue weighted by Gasteiger charge is 2.34. The number of H-pyrrole nitrogens is 1. The Morgan fingerprint density at radius 3 is 1.22 bits per heavy atom. The zero-order valence-electron chi connectivity index (χ0n) is 73.9. The van der Waals surface area contributed by atoms with Crippen LogP contribution in [0.1, 0.15) is 143 Å². The Kier molecular flexibility index (Phi) is 29.5. The van der Waals surface area contributed by atoms with Crippen LogP contribution < -0.4 is 41.8 Å². The zero-order chi connectivity index (χ0) is 88.7. The number of hydrogen-bond donors (Lipinski definition) is 7. The monoisotopic (exact) mass is 1710 g/mol. The summed E-state index contributed by atoms with van der Waals surface area (Å²) in [4.78, 5) is 43.9. The highest BCUT2D eigenvalue weighted by molar-refractivity contribution is 5.89. The standard InChI is InChI=1S/C38H38N6O.C36H39N5O2.C34H37N5O2/c45-38(34-16-9-23-39-34)41-35(24-31-25-40-33-15-8-7-14-32(31)33)37-43-42-36(22-19-27-10-3-1-4-11-27)44(37)26-28-17-20-30(21-18-28)29-12-5-2-6-13-29;1-43-31-17-14-27(15-18-31)25-41-34(19-16-26-8-3-2-4-9-26)39-40-35(41)33(38-36(42)29-20-22-37-23-21-29)24-30-12-7-11-28-10-5-6-13-32(28)30;1-34(2,35)33(40)36-30(22-27-14-9-13-26-12-7-8-15-29(26)27)32-38-37-31(21-18-24-10-5-4-6-11-24)39(32)23-25-16-19-28(41-3)20-17-25/h1-8,10-15,17-18,20-21,25,34-35,39-40H,9,16,19,22-24,26H2,(H,41,45);2-15,17-18,29,33,37H,16,19-25H2,1H3,(H,38,42);4-17,19-20,30H,18,21-23,35H2,1-3H3,(H,36,40)/t34?,35-;33-;30-/m111/s1. The van der Waals surface area contributed by atoms with E-state index >= 15 is 0 Å². The van der Waals surface area contributed by atoms with Crippen molar-refractivity contribution < 1.29 is 23.9 Å². The number of carbonyl (C=O) groups is 3. The normalized spacial score (nSPS) is 14.1. The van der Waals surface area contributed by atoms with E-state index in [1.54, 1.807) is 28.1 Å². The molecule has 0 bridgehead atoms. The lowest BCUT2D eigenvalue weighted by molar-refractivity contribution is -0.127. The molecule has 0 saturated carbocycles. The van der Waals surface area contributed by atoms with Gasteiger partial charge in [0.15, 0.2) is 17.5 Å². The number of hydrogen-bond acceptors (Lipinski definition) is 14. The van der Waals surface area contributed by atoms with E-state index in [2.05, 4.69) is 269 Å². The van der Waals surface area contributed by atoms with E-state index in [0.29, 0.717) is 51.1 Å². The quantitative estimate of drug-likeness (QED) is 0.0202. The number of nitrogens with two attached hydrogens (primary N) is 1. The molecule has 2 saturated heterocycles. The molecule has 129 heavy (non-hydrogen) atoms. The maximum Gasteiger partial charge on any atom is 0.240 e. The second kappa shape index (κ2) is 43.0.